The summed E-state index contributed by atoms with van der Waals surface area (Å²) in [5, 5.41) is 0.773. The van der Waals surface area contributed by atoms with Crippen molar-refractivity contribution in [1.29, 1.82) is 0 Å². The van der Waals surface area contributed by atoms with Crippen LogP contribution in [0.4, 0.5) is 0 Å². The molecule has 0 unspecified atom stereocenters. The Hall–Kier alpha value is -2.13. The van der Waals surface area contributed by atoms with Crippen LogP contribution in [0.25, 0.3) is 11.0 Å². The summed E-state index contributed by atoms with van der Waals surface area (Å²) in [6.45, 7) is 0.0632. The molecule has 0 aliphatic heterocycles. The lowest BCUT2D eigenvalue weighted by atomic mass is 10.1. The van der Waals surface area contributed by atoms with Gasteiger partial charge in [0.1, 0.15) is 17.1 Å². The van der Waals surface area contributed by atoms with Crippen molar-refractivity contribution in [3.63, 3.8) is 0 Å². The van der Waals surface area contributed by atoms with Gasteiger partial charge < -0.3 is 34.8 Å². The molecule has 0 radical (unpaired) electrons. The highest BCUT2D eigenvalue weighted by Gasteiger charge is 2.23. The van der Waals surface area contributed by atoms with E-state index in [0.29, 0.717) is 22.6 Å². The topological polar surface area (TPSA) is 119 Å². The zero-order valence-electron chi connectivity index (χ0n) is 13.2. The zero-order valence-corrected chi connectivity index (χ0v) is 13.2. The van der Waals surface area contributed by atoms with Gasteiger partial charge in [-0.2, -0.15) is 0 Å². The molecule has 1 aliphatic carbocycles. The van der Waals surface area contributed by atoms with Crippen molar-refractivity contribution in [2.75, 3.05) is 27.0 Å². The number of hydrogen-bond acceptors (Lipinski definition) is 8. The second kappa shape index (κ2) is 7.63. The average molecular weight is 336 g/mol. The van der Waals surface area contributed by atoms with Crippen molar-refractivity contribution >= 4 is 11.0 Å². The molecule has 0 saturated carbocycles. The maximum atomic E-state index is 12.1. The molecule has 1 aromatic heterocycles. The smallest absolute Gasteiger partial charge is 0.339 e. The zero-order chi connectivity index (χ0) is 16.9. The first kappa shape index (κ1) is 16.7. The van der Waals surface area contributed by atoms with E-state index in [-0.39, 0.29) is 32.7 Å². The Kier molecular flexibility index (Phi) is 5.31. The van der Waals surface area contributed by atoms with Crippen LogP contribution in [0.1, 0.15) is 17.5 Å². The lowest BCUT2D eigenvalue weighted by Gasteiger charge is -2.14. The molecule has 0 amide bonds. The molecule has 24 heavy (non-hydrogen) atoms. The number of ether oxygens (including phenoxy) is 4. The molecule has 0 bridgehead atoms. The van der Waals surface area contributed by atoms with Crippen molar-refractivity contribution in [3.8, 4) is 11.5 Å². The Morgan fingerprint density at radius 3 is 2.46 bits per heavy atom. The molecule has 2 aromatic rings. The Balaban J connectivity index is 2.04. The number of fused-ring (bicyclic) bond motifs is 3. The standard InChI is InChI=1S/C16H20N2O6/c17-6-20-8-22-10-4-13(23-9-21-7-18)15-11-2-1-3-12(11)16(19)24-14(15)5-10/h4-5H,1-3,6-9,17-18H2. The van der Waals surface area contributed by atoms with E-state index in [2.05, 4.69) is 0 Å². The summed E-state index contributed by atoms with van der Waals surface area (Å²) in [5.74, 6) is 0.963. The van der Waals surface area contributed by atoms with Crippen LogP contribution in [0.15, 0.2) is 21.3 Å². The number of hydrogen-bond donors (Lipinski definition) is 2. The van der Waals surface area contributed by atoms with E-state index in [1.165, 1.54) is 0 Å². The Bertz CT molecular complexity index is 773. The van der Waals surface area contributed by atoms with E-state index in [4.69, 9.17) is 34.8 Å². The number of benzene rings is 1. The fourth-order valence-electron chi connectivity index (χ4n) is 2.86. The minimum Gasteiger partial charge on any atom is -0.467 e. The van der Waals surface area contributed by atoms with Gasteiger partial charge in [-0.05, 0) is 24.8 Å². The van der Waals surface area contributed by atoms with E-state index < -0.39 is 0 Å². The predicted octanol–water partition coefficient (Wildman–Crippen LogP) is 0.820. The summed E-state index contributed by atoms with van der Waals surface area (Å²) in [4.78, 5) is 12.1. The molecular weight excluding hydrogens is 316 g/mol. The number of aryl methyl sites for hydroxylation is 1. The fourth-order valence-corrected chi connectivity index (χ4v) is 2.86. The monoisotopic (exact) mass is 336 g/mol. The maximum absolute atomic E-state index is 12.1. The van der Waals surface area contributed by atoms with Gasteiger partial charge in [-0.15, -0.1) is 0 Å². The van der Waals surface area contributed by atoms with Crippen LogP contribution in [0.2, 0.25) is 0 Å². The van der Waals surface area contributed by atoms with E-state index in [1.807, 2.05) is 0 Å². The molecule has 0 saturated heterocycles. The second-order valence-electron chi connectivity index (χ2n) is 5.26. The summed E-state index contributed by atoms with van der Waals surface area (Å²) < 4.78 is 26.6. The summed E-state index contributed by atoms with van der Waals surface area (Å²) in [7, 11) is 0. The van der Waals surface area contributed by atoms with Gasteiger partial charge in [0.25, 0.3) is 0 Å². The molecule has 0 fully saturated rings. The molecule has 1 aromatic carbocycles. The highest BCUT2D eigenvalue weighted by atomic mass is 16.7. The van der Waals surface area contributed by atoms with Crippen LogP contribution in [-0.2, 0) is 22.3 Å². The molecule has 130 valence electrons. The quantitative estimate of drug-likeness (QED) is 0.413. The molecule has 0 spiro atoms. The second-order valence-corrected chi connectivity index (χ2v) is 5.26. The molecule has 8 heteroatoms. The first-order chi connectivity index (χ1) is 11.7. The van der Waals surface area contributed by atoms with Crippen molar-refractivity contribution in [2.24, 2.45) is 11.5 Å². The van der Waals surface area contributed by atoms with E-state index in [0.717, 1.165) is 30.2 Å². The summed E-state index contributed by atoms with van der Waals surface area (Å²) >= 11 is 0. The van der Waals surface area contributed by atoms with Crippen LogP contribution in [0, 0.1) is 0 Å². The lowest BCUT2D eigenvalue weighted by Crippen LogP contribution is -2.12. The average Bonchev–Trinajstić information content (AvgIpc) is 3.05. The molecule has 1 aliphatic rings. The first-order valence-electron chi connectivity index (χ1n) is 7.68. The summed E-state index contributed by atoms with van der Waals surface area (Å²) in [5.41, 5.74) is 12.4. The van der Waals surface area contributed by atoms with Crippen molar-refractivity contribution in [3.05, 3.63) is 33.7 Å². The Labute approximate surface area is 138 Å². The third-order valence-electron chi connectivity index (χ3n) is 3.85. The lowest BCUT2D eigenvalue weighted by molar-refractivity contribution is 0.0152. The molecule has 8 nitrogen and oxygen atoms in total. The van der Waals surface area contributed by atoms with Gasteiger partial charge in [0, 0.05) is 17.7 Å². The van der Waals surface area contributed by atoms with Crippen molar-refractivity contribution < 1.29 is 23.4 Å². The summed E-state index contributed by atoms with van der Waals surface area (Å²) in [6.07, 6.45) is 2.44. The van der Waals surface area contributed by atoms with E-state index in [9.17, 15) is 4.79 Å². The minimum absolute atomic E-state index is 0.0117. The highest BCUT2D eigenvalue weighted by Crippen LogP contribution is 2.37. The van der Waals surface area contributed by atoms with Gasteiger partial charge in [0.05, 0.1) is 18.8 Å². The fraction of sp³-hybridized carbons (Fsp3) is 0.438. The van der Waals surface area contributed by atoms with Gasteiger partial charge in [0.2, 0.25) is 0 Å². The normalized spacial score (nSPS) is 13.2. The molecule has 0 atom stereocenters. The van der Waals surface area contributed by atoms with Gasteiger partial charge in [-0.3, -0.25) is 0 Å². The first-order valence-corrected chi connectivity index (χ1v) is 7.68. The molecule has 1 heterocycles. The maximum Gasteiger partial charge on any atom is 0.339 e. The number of nitrogens with two attached hydrogens (primary N) is 2. The van der Waals surface area contributed by atoms with Crippen LogP contribution >= 0.6 is 0 Å². The van der Waals surface area contributed by atoms with Gasteiger partial charge in [-0.1, -0.05) is 0 Å². The molecule has 3 rings (SSSR count). The van der Waals surface area contributed by atoms with Crippen molar-refractivity contribution in [1.82, 2.24) is 0 Å². The SMILES string of the molecule is NCOCOc1cc(OCOCN)c2c3c(c(=O)oc2c1)CCC3. The van der Waals surface area contributed by atoms with Gasteiger partial charge >= 0.3 is 5.63 Å². The van der Waals surface area contributed by atoms with Crippen LogP contribution in [-0.4, -0.2) is 27.0 Å². The summed E-state index contributed by atoms with van der Waals surface area (Å²) in [6, 6.07) is 3.35. The van der Waals surface area contributed by atoms with Crippen molar-refractivity contribution in [2.45, 2.75) is 19.3 Å². The van der Waals surface area contributed by atoms with E-state index >= 15 is 0 Å². The largest absolute Gasteiger partial charge is 0.467 e. The highest BCUT2D eigenvalue weighted by molar-refractivity contribution is 5.89. The molecular formula is C16H20N2O6. The Morgan fingerprint density at radius 2 is 1.71 bits per heavy atom. The third-order valence-corrected chi connectivity index (χ3v) is 3.85. The van der Waals surface area contributed by atoms with Crippen LogP contribution in [0.5, 0.6) is 11.5 Å². The van der Waals surface area contributed by atoms with Crippen LogP contribution in [0.3, 0.4) is 0 Å². The predicted molar refractivity (Wildman–Crippen MR) is 85.8 cm³/mol. The third kappa shape index (κ3) is 3.36. The number of rotatable bonds is 8. The Morgan fingerprint density at radius 1 is 1.00 bits per heavy atom. The van der Waals surface area contributed by atoms with Crippen LogP contribution < -0.4 is 26.6 Å². The van der Waals surface area contributed by atoms with Gasteiger partial charge in [-0.25, -0.2) is 4.79 Å². The van der Waals surface area contributed by atoms with Gasteiger partial charge in [0.15, 0.2) is 13.6 Å². The van der Waals surface area contributed by atoms with E-state index in [1.54, 1.807) is 12.1 Å². The minimum atomic E-state index is -0.311. The molecule has 4 N–H and O–H groups in total.